The summed E-state index contributed by atoms with van der Waals surface area (Å²) in [5.74, 6) is 0.990. The molecule has 0 unspecified atom stereocenters. The number of benzene rings is 1. The maximum Gasteiger partial charge on any atom is 0.164 e. The molecule has 0 bridgehead atoms. The molecule has 0 saturated carbocycles. The zero-order valence-corrected chi connectivity index (χ0v) is 13.4. The highest BCUT2D eigenvalue weighted by Crippen LogP contribution is 2.32. The van der Waals surface area contributed by atoms with Crippen molar-refractivity contribution in [1.82, 2.24) is 15.0 Å². The predicted molar refractivity (Wildman–Crippen MR) is 90.0 cm³/mol. The average Bonchev–Trinajstić information content (AvgIpc) is 2.52. The SMILES string of the molecule is Clc1cc(Nc2cccc(Cl)c2Cl)nc(-c2cccnc2)n1. The topological polar surface area (TPSA) is 50.7 Å². The van der Waals surface area contributed by atoms with Gasteiger partial charge in [-0.25, -0.2) is 9.97 Å². The molecule has 110 valence electrons. The zero-order valence-electron chi connectivity index (χ0n) is 11.1. The Kier molecular flexibility index (Phi) is 4.43. The molecule has 22 heavy (non-hydrogen) atoms. The van der Waals surface area contributed by atoms with Crippen LogP contribution in [0.5, 0.6) is 0 Å². The summed E-state index contributed by atoms with van der Waals surface area (Å²) in [5.41, 5.74) is 1.41. The van der Waals surface area contributed by atoms with Crippen LogP contribution in [0, 0.1) is 0 Å². The second-order valence-corrected chi connectivity index (χ2v) is 5.54. The van der Waals surface area contributed by atoms with Gasteiger partial charge in [-0.15, -0.1) is 0 Å². The van der Waals surface area contributed by atoms with E-state index in [-0.39, 0.29) is 0 Å². The summed E-state index contributed by atoms with van der Waals surface area (Å²) in [4.78, 5) is 12.7. The van der Waals surface area contributed by atoms with Crippen LogP contribution in [-0.4, -0.2) is 15.0 Å². The van der Waals surface area contributed by atoms with Gasteiger partial charge in [-0.1, -0.05) is 40.9 Å². The van der Waals surface area contributed by atoms with E-state index in [4.69, 9.17) is 34.8 Å². The Balaban J connectivity index is 1.98. The molecule has 3 rings (SSSR count). The van der Waals surface area contributed by atoms with Gasteiger partial charge in [0.1, 0.15) is 11.0 Å². The highest BCUT2D eigenvalue weighted by atomic mass is 35.5. The first-order chi connectivity index (χ1) is 10.6. The number of nitrogens with zero attached hydrogens (tertiary/aromatic N) is 3. The largest absolute Gasteiger partial charge is 0.339 e. The normalized spacial score (nSPS) is 10.5. The summed E-state index contributed by atoms with van der Waals surface area (Å²) >= 11 is 18.2. The summed E-state index contributed by atoms with van der Waals surface area (Å²) in [6.45, 7) is 0. The molecule has 0 radical (unpaired) electrons. The van der Waals surface area contributed by atoms with Gasteiger partial charge in [0.25, 0.3) is 0 Å². The van der Waals surface area contributed by atoms with Crippen molar-refractivity contribution >= 4 is 46.3 Å². The molecule has 4 nitrogen and oxygen atoms in total. The molecule has 0 fully saturated rings. The summed E-state index contributed by atoms with van der Waals surface area (Å²) in [6, 6.07) is 10.6. The number of pyridine rings is 1. The quantitative estimate of drug-likeness (QED) is 0.655. The summed E-state index contributed by atoms with van der Waals surface area (Å²) < 4.78 is 0. The second kappa shape index (κ2) is 6.48. The van der Waals surface area contributed by atoms with Crippen LogP contribution in [0.4, 0.5) is 11.5 Å². The van der Waals surface area contributed by atoms with Crippen LogP contribution in [-0.2, 0) is 0 Å². The van der Waals surface area contributed by atoms with Gasteiger partial charge in [-0.05, 0) is 24.3 Å². The van der Waals surface area contributed by atoms with Crippen molar-refractivity contribution in [3.63, 3.8) is 0 Å². The lowest BCUT2D eigenvalue weighted by molar-refractivity contribution is 1.16. The number of hydrogen-bond acceptors (Lipinski definition) is 4. The van der Waals surface area contributed by atoms with Gasteiger partial charge >= 0.3 is 0 Å². The first-order valence-electron chi connectivity index (χ1n) is 6.29. The van der Waals surface area contributed by atoms with Crippen molar-refractivity contribution in [1.29, 1.82) is 0 Å². The third-order valence-corrected chi connectivity index (χ3v) is 3.84. The second-order valence-electron chi connectivity index (χ2n) is 4.37. The minimum atomic E-state index is 0.314. The standard InChI is InChI=1S/C15H9Cl3N4/c16-10-4-1-5-11(14(10)18)20-13-7-12(17)21-15(22-13)9-3-2-6-19-8-9/h1-8H,(H,20,21,22). The van der Waals surface area contributed by atoms with Gasteiger partial charge in [0.2, 0.25) is 0 Å². The maximum absolute atomic E-state index is 6.16. The van der Waals surface area contributed by atoms with Gasteiger partial charge in [0.05, 0.1) is 15.7 Å². The van der Waals surface area contributed by atoms with Crippen LogP contribution in [0.15, 0.2) is 48.8 Å². The highest BCUT2D eigenvalue weighted by molar-refractivity contribution is 6.43. The van der Waals surface area contributed by atoms with E-state index in [2.05, 4.69) is 20.3 Å². The lowest BCUT2D eigenvalue weighted by Crippen LogP contribution is -1.98. The fourth-order valence-corrected chi connectivity index (χ4v) is 2.38. The number of rotatable bonds is 3. The van der Waals surface area contributed by atoms with Crippen molar-refractivity contribution in [3.8, 4) is 11.4 Å². The van der Waals surface area contributed by atoms with E-state index >= 15 is 0 Å². The lowest BCUT2D eigenvalue weighted by Gasteiger charge is -2.10. The number of hydrogen-bond donors (Lipinski definition) is 1. The minimum Gasteiger partial charge on any atom is -0.339 e. The van der Waals surface area contributed by atoms with Crippen LogP contribution < -0.4 is 5.32 Å². The molecule has 0 aliphatic carbocycles. The number of aromatic nitrogens is 3. The van der Waals surface area contributed by atoms with Crippen LogP contribution in [0.1, 0.15) is 0 Å². The summed E-state index contributed by atoms with van der Waals surface area (Å²) in [7, 11) is 0. The zero-order chi connectivity index (χ0) is 15.5. The molecule has 0 aliphatic rings. The van der Waals surface area contributed by atoms with Crippen molar-refractivity contribution in [3.05, 3.63) is 64.0 Å². The Hall–Kier alpha value is -1.88. The first-order valence-corrected chi connectivity index (χ1v) is 7.43. The van der Waals surface area contributed by atoms with Crippen LogP contribution >= 0.6 is 34.8 Å². The van der Waals surface area contributed by atoms with Crippen LogP contribution in [0.25, 0.3) is 11.4 Å². The Morgan fingerprint density at radius 3 is 2.59 bits per heavy atom. The van der Waals surface area contributed by atoms with Crippen molar-refractivity contribution in [2.24, 2.45) is 0 Å². The molecule has 2 heterocycles. The van der Waals surface area contributed by atoms with Gasteiger partial charge in [0.15, 0.2) is 5.82 Å². The highest BCUT2D eigenvalue weighted by Gasteiger charge is 2.09. The monoisotopic (exact) mass is 350 g/mol. The van der Waals surface area contributed by atoms with Crippen molar-refractivity contribution in [2.75, 3.05) is 5.32 Å². The van der Waals surface area contributed by atoms with E-state index in [1.807, 2.05) is 6.07 Å². The number of halogens is 3. The molecular weight excluding hydrogens is 343 g/mol. The molecule has 2 aromatic heterocycles. The number of nitrogens with one attached hydrogen (secondary N) is 1. The summed E-state index contributed by atoms with van der Waals surface area (Å²) in [5, 5.41) is 4.28. The van der Waals surface area contributed by atoms with Gasteiger partial charge in [0, 0.05) is 24.0 Å². The van der Waals surface area contributed by atoms with Crippen molar-refractivity contribution in [2.45, 2.75) is 0 Å². The molecule has 0 amide bonds. The molecule has 1 aromatic carbocycles. The Morgan fingerprint density at radius 1 is 0.955 bits per heavy atom. The van der Waals surface area contributed by atoms with Crippen LogP contribution in [0.2, 0.25) is 15.2 Å². The first kappa shape index (κ1) is 15.0. The number of anilines is 2. The van der Waals surface area contributed by atoms with Gasteiger partial charge in [-0.2, -0.15) is 0 Å². The Morgan fingerprint density at radius 2 is 1.82 bits per heavy atom. The lowest BCUT2D eigenvalue weighted by atomic mass is 10.2. The molecule has 1 N–H and O–H groups in total. The molecule has 0 aliphatic heterocycles. The van der Waals surface area contributed by atoms with Gasteiger partial charge in [-0.3, -0.25) is 4.98 Å². The van der Waals surface area contributed by atoms with E-state index in [1.165, 1.54) is 0 Å². The van der Waals surface area contributed by atoms with Crippen LogP contribution in [0.3, 0.4) is 0 Å². The summed E-state index contributed by atoms with van der Waals surface area (Å²) in [6.07, 6.45) is 3.35. The maximum atomic E-state index is 6.16. The van der Waals surface area contributed by atoms with E-state index in [9.17, 15) is 0 Å². The van der Waals surface area contributed by atoms with Gasteiger partial charge < -0.3 is 5.32 Å². The Bertz CT molecular complexity index is 809. The molecule has 3 aromatic rings. The smallest absolute Gasteiger partial charge is 0.164 e. The fraction of sp³-hybridized carbons (Fsp3) is 0. The Labute approximate surface area is 142 Å². The molecule has 0 saturated heterocycles. The fourth-order valence-electron chi connectivity index (χ4n) is 1.84. The molecule has 7 heteroatoms. The average molecular weight is 352 g/mol. The molecule has 0 atom stereocenters. The van der Waals surface area contributed by atoms with Crippen molar-refractivity contribution < 1.29 is 0 Å². The third kappa shape index (κ3) is 3.30. The molecule has 0 spiro atoms. The van der Waals surface area contributed by atoms with E-state index in [1.54, 1.807) is 42.7 Å². The van der Waals surface area contributed by atoms with E-state index < -0.39 is 0 Å². The minimum absolute atomic E-state index is 0.314. The predicted octanol–water partition coefficient (Wildman–Crippen LogP) is 5.24. The third-order valence-electron chi connectivity index (χ3n) is 2.83. The molecular formula is C15H9Cl3N4. The van der Waals surface area contributed by atoms with E-state index in [0.717, 1.165) is 5.56 Å². The van der Waals surface area contributed by atoms with E-state index in [0.29, 0.717) is 32.5 Å².